The fraction of sp³-hybridized carbons (Fsp3) is 0.360. The van der Waals surface area contributed by atoms with Gasteiger partial charge in [0.2, 0.25) is 19.1 Å². The van der Waals surface area contributed by atoms with Gasteiger partial charge in [-0.3, -0.25) is 8.49 Å². The van der Waals surface area contributed by atoms with Gasteiger partial charge >= 0.3 is 0 Å². The van der Waals surface area contributed by atoms with Gasteiger partial charge in [0, 0.05) is 105 Å². The molecule has 0 amide bonds. The Morgan fingerprint density at radius 1 is 0.460 bits per heavy atom. The Bertz CT molecular complexity index is 5230. The molecule has 616 valence electrons. The molecule has 9 aromatic rings. The Morgan fingerprint density at radius 3 is 1.08 bits per heavy atom. The van der Waals surface area contributed by atoms with Crippen LogP contribution in [-0.2, 0) is 80.2 Å². The van der Waals surface area contributed by atoms with Crippen LogP contribution in [0.1, 0.15) is 58.2 Å². The van der Waals surface area contributed by atoms with E-state index in [4.69, 9.17) is 9.92 Å². The fourth-order valence-electron chi connectivity index (χ4n) is 12.1. The van der Waals surface area contributed by atoms with E-state index in [2.05, 4.69) is 20.9 Å². The minimum atomic E-state index is -3.77. The molecular weight excluding hydrogens is 1660 g/mol. The lowest BCUT2D eigenvalue weighted by atomic mass is 9.98. The van der Waals surface area contributed by atoms with Crippen molar-refractivity contribution in [3.8, 4) is 0 Å². The van der Waals surface area contributed by atoms with E-state index in [1.54, 1.807) is 130 Å². The summed E-state index contributed by atoms with van der Waals surface area (Å²) in [5, 5.41) is 39.2. The highest BCUT2D eigenvalue weighted by molar-refractivity contribution is 8.13. The maximum atomic E-state index is 13.6. The first-order valence-corrected chi connectivity index (χ1v) is 48.3. The Kier molecular flexibility index (Phi) is 30.8. The number of aliphatic hydroxyl groups is 3. The predicted octanol–water partition coefficient (Wildman–Crippen LogP) is 11.0. The van der Waals surface area contributed by atoms with Gasteiger partial charge in [-0.1, -0.05) is 54.6 Å². The summed E-state index contributed by atoms with van der Waals surface area (Å²) in [6.45, 7) is 13.1. The number of anilines is 6. The van der Waals surface area contributed by atoms with Crippen molar-refractivity contribution in [1.29, 1.82) is 0 Å². The Labute approximate surface area is 677 Å². The number of benzene rings is 6. The van der Waals surface area contributed by atoms with Gasteiger partial charge in [0.1, 0.15) is 30.1 Å². The van der Waals surface area contributed by atoms with Crippen LogP contribution in [0.3, 0.4) is 0 Å². The topological polar surface area (TPSA) is 335 Å². The van der Waals surface area contributed by atoms with Crippen molar-refractivity contribution < 1.29 is 83.2 Å². The van der Waals surface area contributed by atoms with E-state index < -0.39 is 94.0 Å². The number of hydrogen-bond acceptors (Lipinski definition) is 24. The molecule has 113 heavy (non-hydrogen) atoms. The molecule has 3 aliphatic rings. The number of nitrogens with one attached hydrogen (secondary N) is 1. The van der Waals surface area contributed by atoms with E-state index in [9.17, 15) is 79.0 Å². The predicted molar refractivity (Wildman–Crippen MR) is 443 cm³/mol. The summed E-state index contributed by atoms with van der Waals surface area (Å²) in [7, 11) is -17.1. The molecule has 3 atom stereocenters. The van der Waals surface area contributed by atoms with E-state index in [1.165, 1.54) is 89.2 Å². The van der Waals surface area contributed by atoms with Crippen LogP contribution in [-0.4, -0.2) is 194 Å². The van der Waals surface area contributed by atoms with Crippen molar-refractivity contribution in [2.75, 3.05) is 127 Å². The molecular formula is C75H93ClF3N9O16S9. The first-order chi connectivity index (χ1) is 52.6. The van der Waals surface area contributed by atoms with Crippen LogP contribution in [0.5, 0.6) is 0 Å². The van der Waals surface area contributed by atoms with Crippen molar-refractivity contribution >= 4 is 138 Å². The zero-order valence-corrected chi connectivity index (χ0v) is 71.4. The lowest BCUT2D eigenvalue weighted by Gasteiger charge is -2.43. The van der Waals surface area contributed by atoms with Gasteiger partial charge in [-0.15, -0.1) is 34.0 Å². The summed E-state index contributed by atoms with van der Waals surface area (Å²) >= 11 is 3.50. The van der Waals surface area contributed by atoms with Crippen LogP contribution in [0.15, 0.2) is 211 Å². The molecule has 0 saturated carbocycles. The highest BCUT2D eigenvalue weighted by Gasteiger charge is 2.40. The fourth-order valence-corrected chi connectivity index (χ4v) is 21.3. The Balaban J connectivity index is 0.000000197. The van der Waals surface area contributed by atoms with Crippen LogP contribution in [0, 0.1) is 17.5 Å². The van der Waals surface area contributed by atoms with Crippen molar-refractivity contribution in [2.45, 2.75) is 89.1 Å². The van der Waals surface area contributed by atoms with E-state index in [-0.39, 0.29) is 65.4 Å². The third-order valence-corrected chi connectivity index (χ3v) is 29.4. The summed E-state index contributed by atoms with van der Waals surface area (Å²) in [4.78, 5) is 6.11. The first-order valence-electron chi connectivity index (χ1n) is 35.0. The number of halogens is 4. The molecule has 12 rings (SSSR count). The highest BCUT2D eigenvalue weighted by atomic mass is 35.7. The van der Waals surface area contributed by atoms with Gasteiger partial charge < -0.3 is 41.1 Å². The lowest BCUT2D eigenvalue weighted by Crippen LogP contribution is -2.59. The molecule has 3 fully saturated rings. The van der Waals surface area contributed by atoms with Crippen LogP contribution < -0.4 is 30.1 Å². The van der Waals surface area contributed by atoms with Crippen molar-refractivity contribution in [3.05, 3.63) is 232 Å². The Morgan fingerprint density at radius 2 is 0.770 bits per heavy atom. The molecule has 6 heterocycles. The highest BCUT2D eigenvalue weighted by Crippen LogP contribution is 2.35. The SMILES string of the molecule is CC(C)(O)c1ccc(N2CCN(S(=O)(=O)c3cccs3)C[C@@H]2CN(c2ccc(F)cc2)S(C)(=O)=O)cc1.CC(C)(O)c1ccc(N2CCN(S(=O)(=O)c3cccs3)C[C@@H]2CNc2ccc(F)cc2)cc1.CC(C)(O)c1ccc(N2CCN(S(=O)(=O)c3cccs3)C[C@@H]2COS(C)(=O)=O)cc1.CS(=O)(=O)Cl.Nc1ccc(F)cc1. The second kappa shape index (κ2) is 38.2. The van der Waals surface area contributed by atoms with Crippen molar-refractivity contribution in [3.63, 3.8) is 0 Å². The van der Waals surface area contributed by atoms with Crippen LogP contribution in [0.4, 0.5) is 47.3 Å². The van der Waals surface area contributed by atoms with Gasteiger partial charge in [0.05, 0.1) is 72.5 Å². The largest absolute Gasteiger partial charge is 0.399 e. The molecule has 0 spiro atoms. The van der Waals surface area contributed by atoms with Crippen LogP contribution in [0.25, 0.3) is 0 Å². The van der Waals surface area contributed by atoms with Crippen molar-refractivity contribution in [1.82, 2.24) is 12.9 Å². The zero-order valence-electron chi connectivity index (χ0n) is 63.3. The molecule has 3 saturated heterocycles. The molecule has 25 nitrogen and oxygen atoms in total. The van der Waals surface area contributed by atoms with E-state index >= 15 is 0 Å². The molecule has 0 radical (unpaired) electrons. The molecule has 3 aromatic heterocycles. The molecule has 38 heteroatoms. The minimum absolute atomic E-state index is 0.0474. The number of hydrogen-bond donors (Lipinski definition) is 5. The first kappa shape index (κ1) is 91.2. The normalized spacial score (nSPS) is 17.2. The monoisotopic (exact) mass is 1760 g/mol. The molecule has 6 aromatic carbocycles. The van der Waals surface area contributed by atoms with Gasteiger partial charge in [-0.05, 0) is 202 Å². The minimum Gasteiger partial charge on any atom is -0.399 e. The Hall–Kier alpha value is -7.28. The average molecular weight is 1760 g/mol. The quantitative estimate of drug-likeness (QED) is 0.0239. The molecule has 6 N–H and O–H groups in total. The van der Waals surface area contributed by atoms with E-state index in [0.717, 1.165) is 80.9 Å². The summed E-state index contributed by atoms with van der Waals surface area (Å²) < 4.78 is 196. The summed E-state index contributed by atoms with van der Waals surface area (Å²) in [6, 6.07) is 47.9. The van der Waals surface area contributed by atoms with Crippen molar-refractivity contribution in [2.24, 2.45) is 0 Å². The smallest absolute Gasteiger partial charge is 0.264 e. The van der Waals surface area contributed by atoms with Gasteiger partial charge in [-0.2, -0.15) is 21.3 Å². The van der Waals surface area contributed by atoms with Gasteiger partial charge in [0.25, 0.3) is 40.2 Å². The third kappa shape index (κ3) is 26.6. The second-order valence-corrected chi connectivity index (χ2v) is 44.1. The number of nitrogens with two attached hydrogens (primary N) is 1. The number of sulfonamides is 4. The lowest BCUT2D eigenvalue weighted by molar-refractivity contribution is 0.0780. The van der Waals surface area contributed by atoms with E-state index in [1.807, 2.05) is 58.3 Å². The second-order valence-electron chi connectivity index (χ2n) is 28.1. The number of nitrogen functional groups attached to an aromatic ring is 1. The molecule has 0 aliphatic carbocycles. The summed E-state index contributed by atoms with van der Waals surface area (Å²) in [6.07, 6.45) is 2.97. The van der Waals surface area contributed by atoms with Crippen LogP contribution >= 0.6 is 44.7 Å². The molecule has 0 bridgehead atoms. The maximum Gasteiger partial charge on any atom is 0.264 e. The number of rotatable bonds is 22. The number of thiophene rings is 3. The molecule has 0 unspecified atom stereocenters. The number of nitrogens with zero attached hydrogens (tertiary/aromatic N) is 7. The summed E-state index contributed by atoms with van der Waals surface area (Å²) in [5.74, 6) is -1.05. The number of piperazine rings is 3. The third-order valence-electron chi connectivity index (χ3n) is 17.9. The van der Waals surface area contributed by atoms with Gasteiger partial charge in [0.15, 0.2) is 0 Å². The maximum absolute atomic E-state index is 13.6. The van der Waals surface area contributed by atoms with Gasteiger partial charge in [-0.25, -0.2) is 55.3 Å². The average Bonchev–Trinajstić information content (AvgIpc) is 1.58. The zero-order chi connectivity index (χ0) is 83.3. The molecule has 3 aliphatic heterocycles. The summed E-state index contributed by atoms with van der Waals surface area (Å²) in [5.41, 5.74) is 8.78. The standard InChI is InChI=1S/C25H30FN3O5S3.C24H28FN3O3S2.C19H26N2O6S3.C6H6FN.CH3ClO2S/c1-25(2,30)19-6-10-21(11-7-19)28-15-14-27(37(33,34)24-5-4-16-35-24)17-23(28)18-29(36(3,31)32)22-12-8-20(26)9-13-22;1-24(2,29)18-5-11-21(12-6-18)28-14-13-27(33(30,31)23-4-3-15-32-23)17-22(28)16-26-20-9-7-19(25)8-10-20;1-19(2,22)15-6-8-16(9-7-15)21-11-10-20(13-17(21)14-27-29(3,23)24)30(25,26)18-5-4-12-28-18;7-5-1-3-6(8)4-2-5;1-5(2,3)4/h4-13,16,23,30H,14-15,17-18H2,1-3H3;3-12,15,22,26,29H,13-14,16-17H2,1-2H3;4-9,12,17,22H,10-11,13-14H2,1-3H3;1-4H,8H2;1H3/t23-;22-;17-;;/m101../s1. The van der Waals surface area contributed by atoms with E-state index in [0.29, 0.717) is 54.9 Å². The van der Waals surface area contributed by atoms with Crippen LogP contribution in [0.2, 0.25) is 0 Å².